The van der Waals surface area contributed by atoms with E-state index in [2.05, 4.69) is 35.4 Å². The van der Waals surface area contributed by atoms with Gasteiger partial charge in [0, 0.05) is 10.6 Å². The van der Waals surface area contributed by atoms with Gasteiger partial charge in [0.1, 0.15) is 6.42 Å². The monoisotopic (exact) mass is 334 g/mol. The number of nitrogens with zero attached hydrogens (tertiary/aromatic N) is 2. The number of aryl methyl sites for hydroxylation is 1. The SMILES string of the molecule is CC(C)C.Cc1ccc(-c2noc(CC(F)(F)F)n2)cc1Cl. The Morgan fingerprint density at radius 1 is 1.23 bits per heavy atom. The molecule has 0 atom stereocenters. The number of hydrogen-bond donors (Lipinski definition) is 0. The Hall–Kier alpha value is -1.56. The quantitative estimate of drug-likeness (QED) is 0.731. The van der Waals surface area contributed by atoms with Gasteiger partial charge in [0.25, 0.3) is 0 Å². The zero-order valence-corrected chi connectivity index (χ0v) is 13.6. The van der Waals surface area contributed by atoms with Crippen LogP contribution in [0.5, 0.6) is 0 Å². The molecule has 1 aromatic carbocycles. The van der Waals surface area contributed by atoms with Crippen LogP contribution in [0.4, 0.5) is 13.2 Å². The summed E-state index contributed by atoms with van der Waals surface area (Å²) in [6, 6.07) is 4.99. The van der Waals surface area contributed by atoms with Crippen molar-refractivity contribution in [3.63, 3.8) is 0 Å². The summed E-state index contributed by atoms with van der Waals surface area (Å²) >= 11 is 5.91. The zero-order valence-electron chi connectivity index (χ0n) is 12.8. The van der Waals surface area contributed by atoms with Gasteiger partial charge in [0.2, 0.25) is 11.7 Å². The van der Waals surface area contributed by atoms with Crippen LogP contribution in [0.2, 0.25) is 5.02 Å². The molecular formula is C15H18ClF3N2O. The molecule has 0 saturated carbocycles. The first-order valence-corrected chi connectivity index (χ1v) is 7.12. The molecule has 0 fully saturated rings. The molecule has 2 aromatic rings. The average Bonchev–Trinajstić information content (AvgIpc) is 2.78. The third kappa shape index (κ3) is 6.47. The summed E-state index contributed by atoms with van der Waals surface area (Å²) in [5.41, 5.74) is 1.38. The molecule has 0 amide bonds. The molecule has 0 saturated heterocycles. The Morgan fingerprint density at radius 3 is 2.32 bits per heavy atom. The molecule has 0 aliphatic heterocycles. The van der Waals surface area contributed by atoms with E-state index in [1.165, 1.54) is 0 Å². The molecule has 22 heavy (non-hydrogen) atoms. The minimum absolute atomic E-state index is 0.0937. The first-order valence-electron chi connectivity index (χ1n) is 6.74. The molecule has 0 bridgehead atoms. The molecule has 3 nitrogen and oxygen atoms in total. The average molecular weight is 335 g/mol. The summed E-state index contributed by atoms with van der Waals surface area (Å²) in [4.78, 5) is 3.68. The number of hydrogen-bond acceptors (Lipinski definition) is 3. The highest BCUT2D eigenvalue weighted by atomic mass is 35.5. The third-order valence-electron chi connectivity index (χ3n) is 2.25. The Labute approximate surface area is 132 Å². The van der Waals surface area contributed by atoms with Gasteiger partial charge in [-0.05, 0) is 24.5 Å². The van der Waals surface area contributed by atoms with Crippen molar-refractivity contribution in [2.75, 3.05) is 0 Å². The summed E-state index contributed by atoms with van der Waals surface area (Å²) < 4.78 is 40.9. The molecule has 0 N–H and O–H groups in total. The Bertz CT molecular complexity index is 606. The molecule has 122 valence electrons. The topological polar surface area (TPSA) is 38.9 Å². The van der Waals surface area contributed by atoms with E-state index in [-0.39, 0.29) is 5.82 Å². The van der Waals surface area contributed by atoms with Crippen LogP contribution in [0, 0.1) is 12.8 Å². The third-order valence-corrected chi connectivity index (χ3v) is 2.66. The predicted octanol–water partition coefficient (Wildman–Crippen LogP) is 5.47. The highest BCUT2D eigenvalue weighted by Crippen LogP contribution is 2.25. The number of benzene rings is 1. The molecule has 2 rings (SSSR count). The van der Waals surface area contributed by atoms with E-state index < -0.39 is 18.5 Å². The lowest BCUT2D eigenvalue weighted by Crippen LogP contribution is -2.11. The second-order valence-corrected chi connectivity index (χ2v) is 5.91. The van der Waals surface area contributed by atoms with E-state index in [4.69, 9.17) is 11.6 Å². The van der Waals surface area contributed by atoms with Crippen LogP contribution in [-0.2, 0) is 6.42 Å². The summed E-state index contributed by atoms with van der Waals surface area (Å²) in [5, 5.41) is 3.99. The highest BCUT2D eigenvalue weighted by Gasteiger charge is 2.31. The number of alkyl halides is 3. The van der Waals surface area contributed by atoms with Crippen molar-refractivity contribution >= 4 is 11.6 Å². The van der Waals surface area contributed by atoms with Gasteiger partial charge in [-0.2, -0.15) is 18.2 Å². The van der Waals surface area contributed by atoms with Crippen molar-refractivity contribution < 1.29 is 17.7 Å². The summed E-state index contributed by atoms with van der Waals surface area (Å²) in [6.45, 7) is 8.32. The van der Waals surface area contributed by atoms with Crippen LogP contribution in [0.1, 0.15) is 32.2 Å². The van der Waals surface area contributed by atoms with Crippen LogP contribution in [-0.4, -0.2) is 16.3 Å². The normalized spacial score (nSPS) is 11.3. The Balaban J connectivity index is 0.000000541. The van der Waals surface area contributed by atoms with Gasteiger partial charge in [-0.25, -0.2) is 0 Å². The lowest BCUT2D eigenvalue weighted by Gasteiger charge is -2.00. The summed E-state index contributed by atoms with van der Waals surface area (Å²) in [5.74, 6) is 0.463. The van der Waals surface area contributed by atoms with E-state index in [1.807, 2.05) is 6.92 Å². The van der Waals surface area contributed by atoms with Crippen LogP contribution in [0.3, 0.4) is 0 Å². The molecule has 0 aliphatic carbocycles. The minimum atomic E-state index is -4.37. The molecule has 0 unspecified atom stereocenters. The van der Waals surface area contributed by atoms with E-state index in [0.29, 0.717) is 10.6 Å². The first kappa shape index (κ1) is 18.5. The highest BCUT2D eigenvalue weighted by molar-refractivity contribution is 6.31. The van der Waals surface area contributed by atoms with Crippen molar-refractivity contribution in [1.82, 2.24) is 10.1 Å². The van der Waals surface area contributed by atoms with Gasteiger partial charge in [-0.3, -0.25) is 0 Å². The fourth-order valence-electron chi connectivity index (χ4n) is 1.35. The maximum atomic E-state index is 12.1. The molecule has 0 aliphatic rings. The van der Waals surface area contributed by atoms with E-state index in [9.17, 15) is 13.2 Å². The van der Waals surface area contributed by atoms with Crippen LogP contribution in [0.15, 0.2) is 22.7 Å². The maximum Gasteiger partial charge on any atom is 0.397 e. The maximum absolute atomic E-state index is 12.1. The Kier molecular flexibility index (Phi) is 6.41. The Morgan fingerprint density at radius 2 is 1.82 bits per heavy atom. The smallest absolute Gasteiger partial charge is 0.339 e. The van der Waals surface area contributed by atoms with Crippen LogP contribution in [0.25, 0.3) is 11.4 Å². The zero-order chi connectivity index (χ0) is 16.9. The van der Waals surface area contributed by atoms with Gasteiger partial charge < -0.3 is 4.52 Å². The summed E-state index contributed by atoms with van der Waals surface area (Å²) in [6.07, 6.45) is -5.60. The van der Waals surface area contributed by atoms with Crippen LogP contribution >= 0.6 is 11.6 Å². The van der Waals surface area contributed by atoms with Crippen molar-refractivity contribution in [2.24, 2.45) is 5.92 Å². The minimum Gasteiger partial charge on any atom is -0.339 e. The van der Waals surface area contributed by atoms with Gasteiger partial charge in [0.05, 0.1) is 0 Å². The number of rotatable bonds is 2. The van der Waals surface area contributed by atoms with Crippen molar-refractivity contribution in [2.45, 2.75) is 40.3 Å². The number of halogens is 4. The van der Waals surface area contributed by atoms with Gasteiger partial charge in [-0.1, -0.05) is 49.7 Å². The van der Waals surface area contributed by atoms with Gasteiger partial charge >= 0.3 is 6.18 Å². The van der Waals surface area contributed by atoms with Crippen molar-refractivity contribution in [3.05, 3.63) is 34.7 Å². The largest absolute Gasteiger partial charge is 0.397 e. The van der Waals surface area contributed by atoms with Gasteiger partial charge in [-0.15, -0.1) is 0 Å². The molecule has 1 aromatic heterocycles. The van der Waals surface area contributed by atoms with Crippen molar-refractivity contribution in [3.8, 4) is 11.4 Å². The molecule has 0 spiro atoms. The molecular weight excluding hydrogens is 317 g/mol. The van der Waals surface area contributed by atoms with Gasteiger partial charge in [0.15, 0.2) is 0 Å². The number of aromatic nitrogens is 2. The standard InChI is InChI=1S/C11H8ClF3N2O.C4H10/c1-6-2-3-7(4-8(6)12)10-16-9(18-17-10)5-11(13,14)15;1-4(2)3/h2-4H,5H2,1H3;4H,1-3H3. The first-order chi connectivity index (χ1) is 10.1. The molecule has 1 heterocycles. The summed E-state index contributed by atoms with van der Waals surface area (Å²) in [7, 11) is 0. The fourth-order valence-corrected chi connectivity index (χ4v) is 1.53. The molecule has 0 radical (unpaired) electrons. The van der Waals surface area contributed by atoms with E-state index >= 15 is 0 Å². The molecule has 7 heteroatoms. The second kappa shape index (κ2) is 7.63. The van der Waals surface area contributed by atoms with E-state index in [1.54, 1.807) is 18.2 Å². The fraction of sp³-hybridized carbons (Fsp3) is 0.467. The lowest BCUT2D eigenvalue weighted by molar-refractivity contribution is -0.131. The second-order valence-electron chi connectivity index (χ2n) is 5.50. The van der Waals surface area contributed by atoms with E-state index in [0.717, 1.165) is 11.5 Å². The predicted molar refractivity (Wildman–Crippen MR) is 79.8 cm³/mol. The van der Waals surface area contributed by atoms with Crippen LogP contribution < -0.4 is 0 Å². The lowest BCUT2D eigenvalue weighted by atomic mass is 10.1. The van der Waals surface area contributed by atoms with Crippen molar-refractivity contribution in [1.29, 1.82) is 0 Å².